The summed E-state index contributed by atoms with van der Waals surface area (Å²) in [7, 11) is 0. The van der Waals surface area contributed by atoms with Gasteiger partial charge in [-0.3, -0.25) is 0 Å². The van der Waals surface area contributed by atoms with Crippen LogP contribution in [0.1, 0.15) is 180 Å². The van der Waals surface area contributed by atoms with E-state index in [1.165, 1.54) is 72.0 Å². The van der Waals surface area contributed by atoms with E-state index >= 15 is 0 Å². The minimum Gasteiger partial charge on any atom is -0.457 e. The number of anilines is 6. The van der Waals surface area contributed by atoms with Crippen LogP contribution in [0.15, 0.2) is 334 Å². The molecule has 0 fully saturated rings. The highest BCUT2D eigenvalue weighted by atomic mass is 16.5. The fraction of sp³-hybridized carbons (Fsp3) is 0.217. The maximum atomic E-state index is 7.55. The van der Waals surface area contributed by atoms with Gasteiger partial charge in [0.2, 0.25) is 0 Å². The number of para-hydroxylation sites is 1. The molecule has 4 heteroatoms. The Labute approximate surface area is 708 Å². The standard InChI is InChI=1S/C115H109BN2O/c1-109(2,3)86-59-81(60-87(68-86)110(4,5)6)78-54-57-98-100(63-78)117(107-92(74-39-25-19-26-40-74)70-90(113(13,14)15)71-93(107)75-41-27-20-28-42-75)102-65-83(80-53-56-97-105(67-80)119-104-52-38-37-51-96(104)115(97,84-47-33-23-34-48-84)85-49-35-24-36-50-85)66-103-106(102)116(98)99-58-55-79(82-61-88(111(7,8)9)69-89(62-82)112(10,11)12)64-101(99)118(103)108-94(76-43-29-21-30-44-76)72-91(114(16,17)18)73-95(108)77-45-31-22-32-46-77/h19-73H,1-18H3. The molecule has 15 aromatic rings. The highest BCUT2D eigenvalue weighted by Crippen LogP contribution is 2.59. The molecule has 3 aliphatic heterocycles. The maximum absolute atomic E-state index is 7.55. The topological polar surface area (TPSA) is 15.7 Å². The lowest BCUT2D eigenvalue weighted by atomic mass is 9.33. The van der Waals surface area contributed by atoms with Crippen LogP contribution in [-0.2, 0) is 37.9 Å². The summed E-state index contributed by atoms with van der Waals surface area (Å²) in [6.45, 7) is 42.2. The van der Waals surface area contributed by atoms with Gasteiger partial charge >= 0.3 is 0 Å². The van der Waals surface area contributed by atoms with Gasteiger partial charge in [-0.05, 0) is 210 Å². The van der Waals surface area contributed by atoms with Crippen molar-refractivity contribution in [2.45, 2.75) is 163 Å². The second-order valence-electron chi connectivity index (χ2n) is 39.8. The van der Waals surface area contributed by atoms with Gasteiger partial charge in [-0.25, -0.2) is 0 Å². The third-order valence-corrected chi connectivity index (χ3v) is 25.5. The lowest BCUT2D eigenvalue weighted by Crippen LogP contribution is -2.61. The van der Waals surface area contributed by atoms with E-state index in [0.717, 1.165) is 124 Å². The fourth-order valence-electron chi connectivity index (χ4n) is 18.7. The van der Waals surface area contributed by atoms with E-state index in [9.17, 15) is 0 Å². The van der Waals surface area contributed by atoms with Crippen molar-refractivity contribution in [2.75, 3.05) is 9.80 Å². The van der Waals surface area contributed by atoms with Crippen molar-refractivity contribution < 1.29 is 4.74 Å². The van der Waals surface area contributed by atoms with Crippen LogP contribution in [0.25, 0.3) is 77.9 Å². The van der Waals surface area contributed by atoms with Gasteiger partial charge in [-0.1, -0.05) is 398 Å². The van der Waals surface area contributed by atoms with E-state index in [1.807, 2.05) is 0 Å². The van der Waals surface area contributed by atoms with Gasteiger partial charge in [0.05, 0.1) is 16.8 Å². The molecule has 0 aliphatic carbocycles. The quantitative estimate of drug-likeness (QED) is 0.120. The van der Waals surface area contributed by atoms with Crippen LogP contribution in [-0.4, -0.2) is 6.71 Å². The van der Waals surface area contributed by atoms with Crippen molar-refractivity contribution in [3.05, 3.63) is 389 Å². The van der Waals surface area contributed by atoms with E-state index in [0.29, 0.717) is 0 Å². The third kappa shape index (κ3) is 13.9. The molecule has 0 spiro atoms. The average Bonchev–Trinajstić information content (AvgIpc) is 0.687. The summed E-state index contributed by atoms with van der Waals surface area (Å²) in [5.41, 5.74) is 36.8. The molecule has 18 rings (SSSR count). The number of benzene rings is 15. The molecule has 0 saturated heterocycles. The van der Waals surface area contributed by atoms with E-state index in [1.54, 1.807) is 0 Å². The van der Waals surface area contributed by atoms with E-state index in [4.69, 9.17) is 4.74 Å². The number of rotatable bonds is 11. The minimum atomic E-state index is -0.737. The van der Waals surface area contributed by atoms with Crippen molar-refractivity contribution in [3.8, 4) is 89.4 Å². The smallest absolute Gasteiger partial charge is 0.252 e. The van der Waals surface area contributed by atoms with Crippen molar-refractivity contribution in [1.29, 1.82) is 0 Å². The zero-order valence-corrected chi connectivity index (χ0v) is 72.6. The molecule has 588 valence electrons. The Morgan fingerprint density at radius 1 is 0.227 bits per heavy atom. The summed E-state index contributed by atoms with van der Waals surface area (Å²) in [6, 6.07) is 128. The molecule has 0 radical (unpaired) electrons. The zero-order valence-electron chi connectivity index (χ0n) is 72.6. The fourth-order valence-corrected chi connectivity index (χ4v) is 18.7. The first-order valence-corrected chi connectivity index (χ1v) is 42.8. The summed E-state index contributed by atoms with van der Waals surface area (Å²) in [4.78, 5) is 5.49. The van der Waals surface area contributed by atoms with Crippen LogP contribution in [0, 0.1) is 0 Å². The maximum Gasteiger partial charge on any atom is 0.252 e. The summed E-state index contributed by atoms with van der Waals surface area (Å²) in [5.74, 6) is 1.64. The lowest BCUT2D eigenvalue weighted by Gasteiger charge is -2.46. The van der Waals surface area contributed by atoms with Gasteiger partial charge < -0.3 is 14.5 Å². The summed E-state index contributed by atoms with van der Waals surface area (Å²) in [6.07, 6.45) is 0. The molecule has 0 amide bonds. The number of hydrogen-bond acceptors (Lipinski definition) is 3. The Balaban J connectivity index is 1.05. The SMILES string of the molecule is CC(C)(C)c1cc(-c2ccc3c(c2)N(c2c(-c4ccccc4)cc(C(C)(C)C)cc2-c2ccccc2)c2cc(-c4ccc5c(c4)Oc4ccccc4C5(c4ccccc4)c4ccccc4)cc4c2B3c2ccc(-c3cc(C(C)(C)C)cc(C(C)(C)C)c3)cc2N4c2c(-c3ccccc3)cc(C(C)(C)C)cc2-c2ccccc2)cc(C(C)(C)C)c1. The minimum absolute atomic E-state index is 0.131. The molecule has 3 heterocycles. The Bertz CT molecular complexity index is 5890. The molecule has 15 aromatic carbocycles. The van der Waals surface area contributed by atoms with Gasteiger partial charge in [-0.15, -0.1) is 0 Å². The van der Waals surface area contributed by atoms with Crippen LogP contribution < -0.4 is 30.9 Å². The van der Waals surface area contributed by atoms with Crippen LogP contribution >= 0.6 is 0 Å². The van der Waals surface area contributed by atoms with Crippen molar-refractivity contribution in [3.63, 3.8) is 0 Å². The summed E-state index contributed by atoms with van der Waals surface area (Å²) in [5, 5.41) is 0. The molecular weight excluding hydrogens is 1440 g/mol. The Hall–Kier alpha value is -12.2. The van der Waals surface area contributed by atoms with Crippen LogP contribution in [0.4, 0.5) is 34.1 Å². The van der Waals surface area contributed by atoms with Crippen LogP contribution in [0.2, 0.25) is 0 Å². The highest BCUT2D eigenvalue weighted by molar-refractivity contribution is 7.00. The Morgan fingerprint density at radius 3 is 0.849 bits per heavy atom. The molecule has 0 N–H and O–H groups in total. The van der Waals surface area contributed by atoms with Crippen molar-refractivity contribution in [2.24, 2.45) is 0 Å². The second-order valence-corrected chi connectivity index (χ2v) is 39.8. The molecule has 0 unspecified atom stereocenters. The van der Waals surface area contributed by atoms with Crippen LogP contribution in [0.3, 0.4) is 0 Å². The largest absolute Gasteiger partial charge is 0.457 e. The predicted octanol–water partition coefficient (Wildman–Crippen LogP) is 29.7. The molecule has 3 nitrogen and oxygen atoms in total. The molecule has 119 heavy (non-hydrogen) atoms. The summed E-state index contributed by atoms with van der Waals surface area (Å²) < 4.78 is 7.55. The number of ether oxygens (including phenoxy) is 1. The van der Waals surface area contributed by atoms with Gasteiger partial charge in [0.15, 0.2) is 0 Å². The molecular formula is C115H109BN2O. The number of fused-ring (bicyclic) bond motifs is 6. The summed E-state index contributed by atoms with van der Waals surface area (Å²) >= 11 is 0. The third-order valence-electron chi connectivity index (χ3n) is 25.5. The number of nitrogens with zero attached hydrogens (tertiary/aromatic N) is 2. The number of hydrogen-bond donors (Lipinski definition) is 0. The first-order valence-electron chi connectivity index (χ1n) is 42.8. The molecule has 0 bridgehead atoms. The van der Waals surface area contributed by atoms with Crippen molar-refractivity contribution >= 4 is 57.2 Å². The van der Waals surface area contributed by atoms with Crippen molar-refractivity contribution in [1.82, 2.24) is 0 Å². The predicted molar refractivity (Wildman–Crippen MR) is 509 cm³/mol. The van der Waals surface area contributed by atoms with Gasteiger partial charge in [-0.2, -0.15) is 0 Å². The highest BCUT2D eigenvalue weighted by Gasteiger charge is 2.49. The first-order chi connectivity index (χ1) is 56.8. The lowest BCUT2D eigenvalue weighted by molar-refractivity contribution is 0.434. The van der Waals surface area contributed by atoms with Gasteiger partial charge in [0, 0.05) is 56.1 Å². The van der Waals surface area contributed by atoms with Gasteiger partial charge in [0.25, 0.3) is 6.71 Å². The monoisotopic (exact) mass is 1540 g/mol. The normalized spacial score (nSPS) is 13.7. The molecule has 0 aromatic heterocycles. The van der Waals surface area contributed by atoms with E-state index in [2.05, 4.69) is 468 Å². The molecule has 0 saturated carbocycles. The van der Waals surface area contributed by atoms with Crippen LogP contribution in [0.5, 0.6) is 11.5 Å². The Kier molecular flexibility index (Phi) is 19.1. The van der Waals surface area contributed by atoms with Gasteiger partial charge in [0.1, 0.15) is 11.5 Å². The van der Waals surface area contributed by atoms with E-state index in [-0.39, 0.29) is 39.2 Å². The average molecular weight is 1550 g/mol. The second kappa shape index (κ2) is 29.1. The first kappa shape index (κ1) is 78.0. The zero-order chi connectivity index (χ0) is 83.0. The Morgan fingerprint density at radius 2 is 0.504 bits per heavy atom. The molecule has 0 atom stereocenters. The van der Waals surface area contributed by atoms with E-state index < -0.39 is 5.41 Å². The molecule has 3 aliphatic rings.